The third-order valence-electron chi connectivity index (χ3n) is 5.73. The first-order valence-electron chi connectivity index (χ1n) is 11.8. The second kappa shape index (κ2) is 12.3. The van der Waals surface area contributed by atoms with Crippen molar-refractivity contribution in [3.05, 3.63) is 111 Å². The van der Waals surface area contributed by atoms with Gasteiger partial charge in [0.25, 0.3) is 11.2 Å². The molecule has 1 heterocycles. The number of hydrogen-bond donors (Lipinski definition) is 0. The molecular formula is C26H21Br2N5O6. The Hall–Kier alpha value is -3.97. The topological polar surface area (TPSA) is 143 Å². The highest BCUT2D eigenvalue weighted by atomic mass is 79.9. The molecule has 0 saturated heterocycles. The van der Waals surface area contributed by atoms with E-state index in [2.05, 4.69) is 41.9 Å². The minimum atomic E-state index is -0.582. The Labute approximate surface area is 238 Å². The Morgan fingerprint density at radius 3 is 2.44 bits per heavy atom. The summed E-state index contributed by atoms with van der Waals surface area (Å²) >= 11 is 6.67. The number of nitro groups is 2. The van der Waals surface area contributed by atoms with Crippen molar-refractivity contribution in [2.24, 2.45) is 5.10 Å². The van der Waals surface area contributed by atoms with E-state index < -0.39 is 9.85 Å². The van der Waals surface area contributed by atoms with E-state index in [0.29, 0.717) is 33.2 Å². The maximum atomic E-state index is 13.4. The number of unbranched alkanes of at least 4 members (excludes halogenated alkanes) is 1. The van der Waals surface area contributed by atoms with E-state index in [4.69, 9.17) is 4.74 Å². The third-order valence-corrected chi connectivity index (χ3v) is 6.68. The molecular weight excluding hydrogens is 638 g/mol. The lowest BCUT2D eigenvalue weighted by Crippen LogP contribution is -2.22. The number of aryl methyl sites for hydroxylation is 1. The van der Waals surface area contributed by atoms with E-state index in [1.807, 2.05) is 6.92 Å². The standard InChI is InChI=1S/C26H21Br2N5O6/c1-2-3-4-24-30-22-10-7-18(27)12-21(22)26(34)31(24)29-14-17-11-19(28)13-23(33(37)38)25(17)39-15-16-5-8-20(9-6-16)32(35)36/h5-14H,2-4,15H2,1H3. The lowest BCUT2D eigenvalue weighted by Gasteiger charge is -2.12. The van der Waals surface area contributed by atoms with Crippen LogP contribution in [-0.4, -0.2) is 25.7 Å². The fourth-order valence-corrected chi connectivity index (χ4v) is 4.61. The SMILES string of the molecule is CCCCc1nc2ccc(Br)cc2c(=O)n1N=Cc1cc(Br)cc([N+](=O)[O-])c1OCc1ccc([N+](=O)[O-])cc1. The molecule has 4 aromatic rings. The van der Waals surface area contributed by atoms with Crippen LogP contribution in [0.1, 0.15) is 36.7 Å². The van der Waals surface area contributed by atoms with Crippen molar-refractivity contribution in [1.82, 2.24) is 9.66 Å². The zero-order valence-electron chi connectivity index (χ0n) is 20.5. The molecule has 0 bridgehead atoms. The van der Waals surface area contributed by atoms with E-state index in [1.54, 1.807) is 24.3 Å². The van der Waals surface area contributed by atoms with Gasteiger partial charge in [-0.15, -0.1) is 0 Å². The summed E-state index contributed by atoms with van der Waals surface area (Å²) in [7, 11) is 0. The highest BCUT2D eigenvalue weighted by Gasteiger charge is 2.21. The van der Waals surface area contributed by atoms with Crippen molar-refractivity contribution < 1.29 is 14.6 Å². The average Bonchev–Trinajstić information content (AvgIpc) is 2.91. The molecule has 0 spiro atoms. The summed E-state index contributed by atoms with van der Waals surface area (Å²) in [5.41, 5.74) is 0.601. The first-order valence-corrected chi connectivity index (χ1v) is 13.4. The molecule has 0 saturated carbocycles. The lowest BCUT2D eigenvalue weighted by atomic mass is 10.1. The molecule has 4 rings (SSSR count). The quantitative estimate of drug-likeness (QED) is 0.107. The van der Waals surface area contributed by atoms with Crippen molar-refractivity contribution in [3.63, 3.8) is 0 Å². The monoisotopic (exact) mass is 657 g/mol. The van der Waals surface area contributed by atoms with Gasteiger partial charge in [0.1, 0.15) is 12.4 Å². The van der Waals surface area contributed by atoms with Crippen LogP contribution in [0.2, 0.25) is 0 Å². The van der Waals surface area contributed by atoms with Gasteiger partial charge in [-0.1, -0.05) is 45.2 Å². The van der Waals surface area contributed by atoms with Crippen molar-refractivity contribution in [3.8, 4) is 5.75 Å². The van der Waals surface area contributed by atoms with Crippen molar-refractivity contribution in [1.29, 1.82) is 0 Å². The van der Waals surface area contributed by atoms with E-state index >= 15 is 0 Å². The Kier molecular flexibility index (Phi) is 8.82. The molecule has 13 heteroatoms. The number of aromatic nitrogens is 2. The fraction of sp³-hybridized carbons (Fsp3) is 0.192. The van der Waals surface area contributed by atoms with Gasteiger partial charge in [-0.25, -0.2) is 4.98 Å². The van der Waals surface area contributed by atoms with Crippen LogP contribution in [0.5, 0.6) is 5.75 Å². The van der Waals surface area contributed by atoms with Gasteiger partial charge in [0, 0.05) is 39.1 Å². The van der Waals surface area contributed by atoms with Gasteiger partial charge < -0.3 is 4.74 Å². The number of fused-ring (bicyclic) bond motifs is 1. The van der Waals surface area contributed by atoms with Gasteiger partial charge in [-0.3, -0.25) is 25.0 Å². The molecule has 0 unspecified atom stereocenters. The molecule has 1 aromatic heterocycles. The zero-order valence-corrected chi connectivity index (χ0v) is 23.7. The van der Waals surface area contributed by atoms with Gasteiger partial charge in [-0.05, 0) is 48.4 Å². The Bertz CT molecular complexity index is 1650. The van der Waals surface area contributed by atoms with Gasteiger partial charge >= 0.3 is 5.69 Å². The summed E-state index contributed by atoms with van der Waals surface area (Å²) < 4.78 is 8.18. The summed E-state index contributed by atoms with van der Waals surface area (Å²) in [6, 6.07) is 13.8. The first-order chi connectivity index (χ1) is 18.7. The molecule has 200 valence electrons. The van der Waals surface area contributed by atoms with Crippen LogP contribution in [0.25, 0.3) is 10.9 Å². The van der Waals surface area contributed by atoms with Crippen molar-refractivity contribution >= 4 is 60.4 Å². The van der Waals surface area contributed by atoms with Crippen LogP contribution in [0.4, 0.5) is 11.4 Å². The molecule has 0 aliphatic carbocycles. The average molecular weight is 659 g/mol. The van der Waals surface area contributed by atoms with Crippen molar-refractivity contribution in [2.45, 2.75) is 32.8 Å². The third kappa shape index (κ3) is 6.55. The van der Waals surface area contributed by atoms with Crippen LogP contribution < -0.4 is 10.3 Å². The maximum absolute atomic E-state index is 13.4. The molecule has 0 atom stereocenters. The second-order valence-corrected chi connectivity index (χ2v) is 10.3. The van der Waals surface area contributed by atoms with Gasteiger partial charge in [0.2, 0.25) is 5.75 Å². The second-order valence-electron chi connectivity index (χ2n) is 8.47. The number of nitro benzene ring substituents is 2. The van der Waals surface area contributed by atoms with Crippen LogP contribution in [0.3, 0.4) is 0 Å². The first kappa shape index (κ1) is 28.0. The molecule has 39 heavy (non-hydrogen) atoms. The molecule has 0 amide bonds. The number of rotatable bonds is 10. The summed E-state index contributed by atoms with van der Waals surface area (Å²) in [4.78, 5) is 39.7. The highest BCUT2D eigenvalue weighted by Crippen LogP contribution is 2.34. The van der Waals surface area contributed by atoms with Gasteiger partial charge in [0.15, 0.2) is 0 Å². The molecule has 11 nitrogen and oxygen atoms in total. The minimum absolute atomic E-state index is 0.0649. The molecule has 3 aromatic carbocycles. The van der Waals surface area contributed by atoms with E-state index in [-0.39, 0.29) is 34.9 Å². The number of hydrogen-bond acceptors (Lipinski definition) is 8. The molecule has 0 fully saturated rings. The number of nitrogens with zero attached hydrogens (tertiary/aromatic N) is 5. The summed E-state index contributed by atoms with van der Waals surface area (Å²) in [5.74, 6) is 0.399. The van der Waals surface area contributed by atoms with Crippen LogP contribution in [0, 0.1) is 20.2 Å². The van der Waals surface area contributed by atoms with Crippen LogP contribution >= 0.6 is 31.9 Å². The van der Waals surface area contributed by atoms with Gasteiger partial charge in [0.05, 0.1) is 27.0 Å². The number of halogens is 2. The molecule has 0 aliphatic rings. The van der Waals surface area contributed by atoms with Crippen molar-refractivity contribution in [2.75, 3.05) is 0 Å². The fourth-order valence-electron chi connectivity index (χ4n) is 3.79. The summed E-state index contributed by atoms with van der Waals surface area (Å²) in [6.07, 6.45) is 3.51. The zero-order chi connectivity index (χ0) is 28.1. The highest BCUT2D eigenvalue weighted by molar-refractivity contribution is 9.10. The number of non-ortho nitro benzene ring substituents is 1. The summed E-state index contributed by atoms with van der Waals surface area (Å²) in [5, 5.41) is 27.5. The van der Waals surface area contributed by atoms with Crippen LogP contribution in [-0.2, 0) is 13.0 Å². The summed E-state index contributed by atoms with van der Waals surface area (Å²) in [6.45, 7) is 1.94. The molecule has 0 radical (unpaired) electrons. The Balaban J connectivity index is 1.77. The Morgan fingerprint density at radius 1 is 1.03 bits per heavy atom. The van der Waals surface area contributed by atoms with Gasteiger partial charge in [-0.2, -0.15) is 9.78 Å². The lowest BCUT2D eigenvalue weighted by molar-refractivity contribution is -0.386. The minimum Gasteiger partial charge on any atom is -0.481 e. The molecule has 0 N–H and O–H groups in total. The number of benzene rings is 3. The van der Waals surface area contributed by atoms with E-state index in [1.165, 1.54) is 41.2 Å². The molecule has 0 aliphatic heterocycles. The Morgan fingerprint density at radius 2 is 1.77 bits per heavy atom. The predicted octanol–water partition coefficient (Wildman–Crippen LogP) is 6.54. The predicted molar refractivity (Wildman–Crippen MR) is 154 cm³/mol. The van der Waals surface area contributed by atoms with Crippen LogP contribution in [0.15, 0.2) is 73.4 Å². The van der Waals surface area contributed by atoms with E-state index in [0.717, 1.165) is 17.3 Å². The largest absolute Gasteiger partial charge is 0.481 e. The normalized spacial score (nSPS) is 11.3. The maximum Gasteiger partial charge on any atom is 0.312 e. The smallest absolute Gasteiger partial charge is 0.312 e. The number of ether oxygens (including phenoxy) is 1. The van der Waals surface area contributed by atoms with E-state index in [9.17, 15) is 25.0 Å².